The normalized spacial score (nSPS) is 9.64. The number of rotatable bonds is 2. The summed E-state index contributed by atoms with van der Waals surface area (Å²) in [4.78, 5) is 22.1. The van der Waals surface area contributed by atoms with Crippen molar-refractivity contribution < 1.29 is 18.7 Å². The van der Waals surface area contributed by atoms with Crippen molar-refractivity contribution in [3.8, 4) is 0 Å². The molecule has 0 atom stereocenters. The van der Waals surface area contributed by atoms with Crippen LogP contribution < -0.4 is 5.32 Å². The number of amides is 1. The maximum atomic E-state index is 11.1. The monoisotopic (exact) mass is 217 g/mol. The van der Waals surface area contributed by atoms with E-state index in [0.29, 0.717) is 0 Å². The van der Waals surface area contributed by atoms with E-state index < -0.39 is 11.9 Å². The lowest BCUT2D eigenvalue weighted by molar-refractivity contribution is 0.0600. The van der Waals surface area contributed by atoms with Gasteiger partial charge in [-0.25, -0.2) is 4.79 Å². The molecule has 0 aliphatic rings. The second-order valence-electron chi connectivity index (χ2n) is 2.37. The quantitative estimate of drug-likeness (QED) is 0.753. The summed E-state index contributed by atoms with van der Waals surface area (Å²) in [6.45, 7) is 0. The molecule has 0 radical (unpaired) electrons. The van der Waals surface area contributed by atoms with Gasteiger partial charge >= 0.3 is 5.97 Å². The number of hydrogen-bond acceptors (Lipinski definition) is 4. The first kappa shape index (κ1) is 10.6. The molecule has 0 saturated carbocycles. The van der Waals surface area contributed by atoms with Gasteiger partial charge in [0.15, 0.2) is 5.76 Å². The van der Waals surface area contributed by atoms with E-state index in [1.54, 1.807) is 0 Å². The minimum absolute atomic E-state index is 0.0297. The topological polar surface area (TPSA) is 68.5 Å². The number of nitrogens with one attached hydrogen (secondary N) is 1. The van der Waals surface area contributed by atoms with Crippen LogP contribution in [0.1, 0.15) is 20.9 Å². The van der Waals surface area contributed by atoms with Crippen LogP contribution in [0.5, 0.6) is 0 Å². The molecule has 0 aliphatic heterocycles. The summed E-state index contributed by atoms with van der Waals surface area (Å²) in [6, 6.07) is 1.23. The summed E-state index contributed by atoms with van der Waals surface area (Å²) in [7, 11) is 2.65. The molecule has 1 aromatic rings. The Kier molecular flexibility index (Phi) is 3.14. The fourth-order valence-corrected chi connectivity index (χ4v) is 1.07. The van der Waals surface area contributed by atoms with Crippen molar-refractivity contribution in [1.82, 2.24) is 5.32 Å². The van der Waals surface area contributed by atoms with Gasteiger partial charge in [0.25, 0.3) is 5.91 Å². The molecular formula is C8H8ClNO4. The van der Waals surface area contributed by atoms with Gasteiger partial charge < -0.3 is 14.5 Å². The van der Waals surface area contributed by atoms with Crippen LogP contribution in [-0.2, 0) is 4.74 Å². The van der Waals surface area contributed by atoms with E-state index >= 15 is 0 Å². The lowest BCUT2D eigenvalue weighted by atomic mass is 10.3. The summed E-state index contributed by atoms with van der Waals surface area (Å²) in [6.07, 6.45) is 0. The molecule has 1 N–H and O–H groups in total. The van der Waals surface area contributed by atoms with Crippen LogP contribution in [0, 0.1) is 0 Å². The van der Waals surface area contributed by atoms with Gasteiger partial charge in [-0.3, -0.25) is 4.79 Å². The molecule has 0 unspecified atom stereocenters. The minimum atomic E-state index is -0.645. The average molecular weight is 218 g/mol. The van der Waals surface area contributed by atoms with Crippen molar-refractivity contribution in [2.75, 3.05) is 14.2 Å². The number of carbonyl (C=O) groups excluding carboxylic acids is 2. The Morgan fingerprint density at radius 3 is 2.71 bits per heavy atom. The number of furan rings is 1. The molecule has 1 rings (SSSR count). The van der Waals surface area contributed by atoms with Crippen molar-refractivity contribution in [2.45, 2.75) is 0 Å². The van der Waals surface area contributed by atoms with Crippen molar-refractivity contribution in [3.63, 3.8) is 0 Å². The molecule has 0 spiro atoms. The summed E-state index contributed by atoms with van der Waals surface area (Å²) in [5.74, 6) is -1.13. The second kappa shape index (κ2) is 4.15. The molecule has 6 heteroatoms. The highest BCUT2D eigenvalue weighted by Crippen LogP contribution is 2.21. The molecule has 0 bridgehead atoms. The van der Waals surface area contributed by atoms with Crippen LogP contribution in [0.3, 0.4) is 0 Å². The number of ether oxygens (including phenoxy) is 1. The highest BCUT2D eigenvalue weighted by Gasteiger charge is 2.19. The largest absolute Gasteiger partial charge is 0.465 e. The fourth-order valence-electron chi connectivity index (χ4n) is 0.853. The number of esters is 1. The van der Waals surface area contributed by atoms with Crippen molar-refractivity contribution >= 4 is 23.5 Å². The Balaban J connectivity index is 3.05. The lowest BCUT2D eigenvalue weighted by Gasteiger charge is -1.92. The Labute approximate surface area is 85.0 Å². The number of methoxy groups -OCH3 is 1. The van der Waals surface area contributed by atoms with E-state index in [9.17, 15) is 9.59 Å². The number of carbonyl (C=O) groups is 2. The average Bonchev–Trinajstić information content (AvgIpc) is 2.58. The maximum Gasteiger partial charge on any atom is 0.342 e. The molecule has 1 amide bonds. The Morgan fingerprint density at radius 2 is 2.21 bits per heavy atom. The van der Waals surface area contributed by atoms with Gasteiger partial charge in [0.2, 0.25) is 5.22 Å². The van der Waals surface area contributed by atoms with E-state index in [4.69, 9.17) is 16.0 Å². The standard InChI is InChI=1S/C8H8ClNO4/c1-10-7(11)5-3-4(6(9)14-5)8(12)13-2/h3H,1-2H3,(H,10,11). The predicted octanol–water partition coefficient (Wildman–Crippen LogP) is 1.08. The molecule has 0 saturated heterocycles. The molecule has 1 aromatic heterocycles. The van der Waals surface area contributed by atoms with Crippen LogP contribution >= 0.6 is 11.6 Å². The highest BCUT2D eigenvalue weighted by atomic mass is 35.5. The molecule has 1 heterocycles. The van der Waals surface area contributed by atoms with Crippen LogP contribution in [0.15, 0.2) is 10.5 Å². The van der Waals surface area contributed by atoms with E-state index in [-0.39, 0.29) is 16.5 Å². The molecule has 0 aliphatic carbocycles. The smallest absolute Gasteiger partial charge is 0.342 e. The van der Waals surface area contributed by atoms with Gasteiger partial charge in [-0.15, -0.1) is 0 Å². The summed E-state index contributed by atoms with van der Waals surface area (Å²) in [5.41, 5.74) is 0.0350. The maximum absolute atomic E-state index is 11.1. The van der Waals surface area contributed by atoms with Crippen LogP contribution in [0.2, 0.25) is 5.22 Å². The third-order valence-electron chi connectivity index (χ3n) is 1.54. The van der Waals surface area contributed by atoms with E-state index in [1.807, 2.05) is 0 Å². The minimum Gasteiger partial charge on any atom is -0.465 e. The van der Waals surface area contributed by atoms with Gasteiger partial charge in [-0.05, 0) is 11.6 Å². The number of halogens is 1. The molecule has 0 fully saturated rings. The van der Waals surface area contributed by atoms with E-state index in [2.05, 4.69) is 10.1 Å². The van der Waals surface area contributed by atoms with Gasteiger partial charge in [-0.1, -0.05) is 0 Å². The van der Waals surface area contributed by atoms with E-state index in [0.717, 1.165) is 0 Å². The van der Waals surface area contributed by atoms with Crippen molar-refractivity contribution in [2.24, 2.45) is 0 Å². The van der Waals surface area contributed by atoms with Crippen molar-refractivity contribution in [3.05, 3.63) is 22.6 Å². The Morgan fingerprint density at radius 1 is 1.57 bits per heavy atom. The van der Waals surface area contributed by atoms with Gasteiger partial charge in [0.05, 0.1) is 7.11 Å². The number of hydrogen-bond donors (Lipinski definition) is 1. The zero-order chi connectivity index (χ0) is 10.7. The van der Waals surface area contributed by atoms with Gasteiger partial charge in [0.1, 0.15) is 5.56 Å². The predicted molar refractivity (Wildman–Crippen MR) is 48.4 cm³/mol. The summed E-state index contributed by atoms with van der Waals surface area (Å²) >= 11 is 5.57. The van der Waals surface area contributed by atoms with Crippen LogP contribution in [-0.4, -0.2) is 26.0 Å². The SMILES string of the molecule is CNC(=O)c1cc(C(=O)OC)c(Cl)o1. The zero-order valence-electron chi connectivity index (χ0n) is 7.59. The van der Waals surface area contributed by atoms with Crippen molar-refractivity contribution in [1.29, 1.82) is 0 Å². The van der Waals surface area contributed by atoms with E-state index in [1.165, 1.54) is 20.2 Å². The molecule has 0 aromatic carbocycles. The summed E-state index contributed by atoms with van der Waals surface area (Å²) in [5, 5.41) is 2.18. The third kappa shape index (κ3) is 1.88. The first-order chi connectivity index (χ1) is 6.60. The van der Waals surface area contributed by atoms with Crippen LogP contribution in [0.25, 0.3) is 0 Å². The van der Waals surface area contributed by atoms with Gasteiger partial charge in [0, 0.05) is 13.1 Å². The second-order valence-corrected chi connectivity index (χ2v) is 2.71. The zero-order valence-corrected chi connectivity index (χ0v) is 8.34. The Bertz CT molecular complexity index is 371. The fraction of sp³-hybridized carbons (Fsp3) is 0.250. The van der Waals surface area contributed by atoms with Gasteiger partial charge in [-0.2, -0.15) is 0 Å². The first-order valence-corrected chi connectivity index (χ1v) is 4.07. The highest BCUT2D eigenvalue weighted by molar-refractivity contribution is 6.32. The molecule has 5 nitrogen and oxygen atoms in total. The molecule has 14 heavy (non-hydrogen) atoms. The lowest BCUT2D eigenvalue weighted by Crippen LogP contribution is -2.16. The Hall–Kier alpha value is -1.49. The first-order valence-electron chi connectivity index (χ1n) is 3.70. The van der Waals surface area contributed by atoms with Crippen LogP contribution in [0.4, 0.5) is 0 Å². The summed E-state index contributed by atoms with van der Waals surface area (Å²) < 4.78 is 9.27. The molecular weight excluding hydrogens is 210 g/mol. The third-order valence-corrected chi connectivity index (χ3v) is 1.82. The molecule has 76 valence electrons.